The topological polar surface area (TPSA) is 57.0 Å². The molecule has 1 aromatic heterocycles. The highest BCUT2D eigenvalue weighted by molar-refractivity contribution is 5.68. The van der Waals surface area contributed by atoms with E-state index in [1.807, 2.05) is 6.92 Å². The summed E-state index contributed by atoms with van der Waals surface area (Å²) in [6, 6.07) is 0. The molecule has 14 heavy (non-hydrogen) atoms. The smallest absolute Gasteiger partial charge is 0.327 e. The maximum absolute atomic E-state index is 11.0. The van der Waals surface area contributed by atoms with Gasteiger partial charge in [-0.25, -0.2) is 4.68 Å². The molecular weight excluding hydrogens is 182 g/mol. The first-order valence-corrected chi connectivity index (χ1v) is 4.30. The lowest BCUT2D eigenvalue weighted by Gasteiger charge is -1.99. The van der Waals surface area contributed by atoms with E-state index in [0.29, 0.717) is 6.61 Å². The van der Waals surface area contributed by atoms with E-state index in [0.717, 1.165) is 12.1 Å². The summed E-state index contributed by atoms with van der Waals surface area (Å²) in [7, 11) is 0. The van der Waals surface area contributed by atoms with Gasteiger partial charge in [0.25, 0.3) is 0 Å². The summed E-state index contributed by atoms with van der Waals surface area (Å²) in [5.41, 5.74) is 0.879. The molecule has 0 aliphatic carbocycles. The first-order valence-electron chi connectivity index (χ1n) is 4.30. The van der Waals surface area contributed by atoms with Crippen molar-refractivity contribution in [2.45, 2.75) is 34.2 Å². The molecule has 0 aliphatic heterocycles. The Morgan fingerprint density at radius 3 is 2.79 bits per heavy atom. The minimum absolute atomic E-state index is 0. The van der Waals surface area contributed by atoms with Crippen molar-refractivity contribution in [2.24, 2.45) is 0 Å². The van der Waals surface area contributed by atoms with Crippen LogP contribution in [0.4, 0.5) is 0 Å². The average Bonchev–Trinajstić information content (AvgIpc) is 2.52. The Balaban J connectivity index is 0.00000169. The van der Waals surface area contributed by atoms with Crippen molar-refractivity contribution in [1.29, 1.82) is 0 Å². The molecule has 0 radical (unpaired) electrons. The normalized spacial score (nSPS) is 9.29. The van der Waals surface area contributed by atoms with Crippen LogP contribution in [-0.4, -0.2) is 27.6 Å². The van der Waals surface area contributed by atoms with Crippen LogP contribution in [0.25, 0.3) is 0 Å². The summed E-state index contributed by atoms with van der Waals surface area (Å²) in [5, 5.41) is 7.63. The van der Waals surface area contributed by atoms with Crippen molar-refractivity contribution in [1.82, 2.24) is 15.0 Å². The van der Waals surface area contributed by atoms with Gasteiger partial charge in [0.15, 0.2) is 0 Å². The van der Waals surface area contributed by atoms with Crippen LogP contribution in [-0.2, 0) is 22.5 Å². The Hall–Kier alpha value is -1.39. The van der Waals surface area contributed by atoms with Gasteiger partial charge in [0.05, 0.1) is 12.3 Å². The van der Waals surface area contributed by atoms with E-state index in [2.05, 4.69) is 10.3 Å². The van der Waals surface area contributed by atoms with E-state index in [9.17, 15) is 4.79 Å². The standard InChI is InChI=1S/C8H13N3O2.CH4/c1-3-7-5-11(10-9-7)6-8(12)13-4-2;/h5H,3-4,6H2,1-2H3;1H4. The fourth-order valence-corrected chi connectivity index (χ4v) is 0.917. The molecule has 0 aromatic carbocycles. The van der Waals surface area contributed by atoms with Gasteiger partial charge in [-0.3, -0.25) is 4.79 Å². The zero-order valence-electron chi connectivity index (χ0n) is 7.86. The number of hydrogen-bond acceptors (Lipinski definition) is 4. The van der Waals surface area contributed by atoms with Gasteiger partial charge in [-0.15, -0.1) is 5.10 Å². The Bertz CT molecular complexity index is 283. The molecule has 0 saturated heterocycles. The second-order valence-electron chi connectivity index (χ2n) is 2.57. The predicted octanol–water partition coefficient (Wildman–Crippen LogP) is 1.04. The van der Waals surface area contributed by atoms with E-state index in [1.165, 1.54) is 4.68 Å². The fraction of sp³-hybridized carbons (Fsp3) is 0.667. The van der Waals surface area contributed by atoms with Gasteiger partial charge in [-0.05, 0) is 13.3 Å². The molecule has 80 valence electrons. The third-order valence-electron chi connectivity index (χ3n) is 1.54. The molecule has 1 aromatic rings. The van der Waals surface area contributed by atoms with Gasteiger partial charge >= 0.3 is 5.97 Å². The number of esters is 1. The summed E-state index contributed by atoms with van der Waals surface area (Å²) in [6.45, 7) is 4.30. The molecule has 1 rings (SSSR count). The maximum atomic E-state index is 11.0. The average molecular weight is 199 g/mol. The van der Waals surface area contributed by atoms with Crippen LogP contribution in [0.15, 0.2) is 6.20 Å². The van der Waals surface area contributed by atoms with Crippen LogP contribution < -0.4 is 0 Å². The molecule has 0 amide bonds. The molecule has 0 saturated carbocycles. The number of carbonyl (C=O) groups is 1. The van der Waals surface area contributed by atoms with Crippen LogP contribution in [0, 0.1) is 0 Å². The number of rotatable bonds is 4. The molecule has 5 heteroatoms. The van der Waals surface area contributed by atoms with Crippen LogP contribution in [0.2, 0.25) is 0 Å². The van der Waals surface area contributed by atoms with E-state index < -0.39 is 0 Å². The van der Waals surface area contributed by atoms with Crippen LogP contribution in [0.5, 0.6) is 0 Å². The van der Waals surface area contributed by atoms with Gasteiger partial charge in [0.2, 0.25) is 0 Å². The Morgan fingerprint density at radius 2 is 2.29 bits per heavy atom. The number of ether oxygens (including phenoxy) is 1. The lowest BCUT2D eigenvalue weighted by molar-refractivity contribution is -0.144. The minimum atomic E-state index is -0.282. The van der Waals surface area contributed by atoms with Crippen molar-refractivity contribution in [2.75, 3.05) is 6.61 Å². The third kappa shape index (κ3) is 3.55. The molecular formula is C9H17N3O2. The number of aryl methyl sites for hydroxylation is 1. The van der Waals surface area contributed by atoms with Crippen molar-refractivity contribution in [3.63, 3.8) is 0 Å². The first kappa shape index (κ1) is 12.6. The number of nitrogens with zero attached hydrogens (tertiary/aromatic N) is 3. The Morgan fingerprint density at radius 1 is 1.57 bits per heavy atom. The lowest BCUT2D eigenvalue weighted by atomic mass is 10.4. The third-order valence-corrected chi connectivity index (χ3v) is 1.54. The molecule has 0 fully saturated rings. The van der Waals surface area contributed by atoms with E-state index in [4.69, 9.17) is 4.74 Å². The predicted molar refractivity (Wildman–Crippen MR) is 52.8 cm³/mol. The summed E-state index contributed by atoms with van der Waals surface area (Å²) >= 11 is 0. The quantitative estimate of drug-likeness (QED) is 0.680. The van der Waals surface area contributed by atoms with Crippen molar-refractivity contribution < 1.29 is 9.53 Å². The second-order valence-corrected chi connectivity index (χ2v) is 2.57. The Kier molecular flexibility index (Phi) is 5.52. The maximum Gasteiger partial charge on any atom is 0.327 e. The molecule has 5 nitrogen and oxygen atoms in total. The number of carbonyl (C=O) groups excluding carboxylic acids is 1. The summed E-state index contributed by atoms with van der Waals surface area (Å²) < 4.78 is 6.24. The van der Waals surface area contributed by atoms with Gasteiger partial charge in [0.1, 0.15) is 6.54 Å². The highest BCUT2D eigenvalue weighted by Gasteiger charge is 2.04. The van der Waals surface area contributed by atoms with Crippen LogP contribution in [0.3, 0.4) is 0 Å². The zero-order chi connectivity index (χ0) is 9.68. The molecule has 0 N–H and O–H groups in total. The summed E-state index contributed by atoms with van der Waals surface area (Å²) in [6.07, 6.45) is 2.57. The molecule has 1 heterocycles. The highest BCUT2D eigenvalue weighted by Crippen LogP contribution is 1.94. The molecule has 0 unspecified atom stereocenters. The Labute approximate surface area is 84.1 Å². The van der Waals surface area contributed by atoms with Crippen LogP contribution >= 0.6 is 0 Å². The fourth-order valence-electron chi connectivity index (χ4n) is 0.917. The largest absolute Gasteiger partial charge is 0.465 e. The highest BCUT2D eigenvalue weighted by atomic mass is 16.5. The van der Waals surface area contributed by atoms with E-state index in [-0.39, 0.29) is 19.9 Å². The van der Waals surface area contributed by atoms with Crippen molar-refractivity contribution in [3.05, 3.63) is 11.9 Å². The monoisotopic (exact) mass is 199 g/mol. The van der Waals surface area contributed by atoms with E-state index in [1.54, 1.807) is 13.1 Å². The van der Waals surface area contributed by atoms with Gasteiger partial charge in [-0.2, -0.15) is 0 Å². The minimum Gasteiger partial charge on any atom is -0.465 e. The van der Waals surface area contributed by atoms with Gasteiger partial charge in [-0.1, -0.05) is 19.6 Å². The van der Waals surface area contributed by atoms with Gasteiger partial charge in [0, 0.05) is 6.20 Å². The SMILES string of the molecule is C.CCOC(=O)Cn1cc(CC)nn1. The van der Waals surface area contributed by atoms with Crippen molar-refractivity contribution >= 4 is 5.97 Å². The zero-order valence-corrected chi connectivity index (χ0v) is 7.86. The first-order chi connectivity index (χ1) is 6.26. The van der Waals surface area contributed by atoms with Crippen LogP contribution in [0.1, 0.15) is 27.0 Å². The lowest BCUT2D eigenvalue weighted by Crippen LogP contribution is -2.13. The summed E-state index contributed by atoms with van der Waals surface area (Å²) in [4.78, 5) is 11.0. The van der Waals surface area contributed by atoms with E-state index >= 15 is 0 Å². The summed E-state index contributed by atoms with van der Waals surface area (Å²) in [5.74, 6) is -0.282. The van der Waals surface area contributed by atoms with Gasteiger partial charge < -0.3 is 4.74 Å². The molecule has 0 aliphatic rings. The molecule has 0 spiro atoms. The number of aromatic nitrogens is 3. The second kappa shape index (κ2) is 6.12. The number of hydrogen-bond donors (Lipinski definition) is 0. The molecule has 0 bridgehead atoms. The molecule has 0 atom stereocenters. The van der Waals surface area contributed by atoms with Crippen molar-refractivity contribution in [3.8, 4) is 0 Å².